The van der Waals surface area contributed by atoms with E-state index in [4.69, 9.17) is 15.0 Å². The van der Waals surface area contributed by atoms with Crippen molar-refractivity contribution in [1.29, 1.82) is 0 Å². The topological polar surface area (TPSA) is 81.6 Å². The van der Waals surface area contributed by atoms with Gasteiger partial charge in [-0.25, -0.2) is 0 Å². The van der Waals surface area contributed by atoms with E-state index in [2.05, 4.69) is 19.0 Å². The van der Waals surface area contributed by atoms with Crippen molar-refractivity contribution in [1.82, 2.24) is 10.1 Å². The minimum atomic E-state index is -0.0379. The summed E-state index contributed by atoms with van der Waals surface area (Å²) in [6.45, 7) is 9.90. The summed E-state index contributed by atoms with van der Waals surface area (Å²) in [5, 5.41) is 3.93. The first kappa shape index (κ1) is 19.4. The molecule has 6 nitrogen and oxygen atoms in total. The Balaban J connectivity index is 1.55. The molecule has 1 fully saturated rings. The molecule has 27 heavy (non-hydrogen) atoms. The van der Waals surface area contributed by atoms with Crippen LogP contribution in [-0.4, -0.2) is 35.1 Å². The van der Waals surface area contributed by atoms with Crippen molar-refractivity contribution in [2.75, 3.05) is 13.1 Å². The van der Waals surface area contributed by atoms with Gasteiger partial charge in [0, 0.05) is 19.1 Å². The van der Waals surface area contributed by atoms with Gasteiger partial charge in [0.15, 0.2) is 0 Å². The van der Waals surface area contributed by atoms with Crippen LogP contribution in [0, 0.1) is 19.3 Å². The molecule has 1 atom stereocenters. The lowest BCUT2D eigenvalue weighted by molar-refractivity contribution is -0.133. The summed E-state index contributed by atoms with van der Waals surface area (Å²) in [5.74, 6) is 1.69. The van der Waals surface area contributed by atoms with Gasteiger partial charge in [-0.15, -0.1) is 0 Å². The second-order valence-corrected chi connectivity index (χ2v) is 8.11. The van der Waals surface area contributed by atoms with Gasteiger partial charge in [0.1, 0.15) is 18.1 Å². The van der Waals surface area contributed by atoms with Crippen molar-refractivity contribution < 1.29 is 14.1 Å². The number of carbonyl (C=O) groups is 1. The fraction of sp³-hybridized carbons (Fsp3) is 0.524. The number of aryl methyl sites for hydroxylation is 2. The average molecular weight is 371 g/mol. The highest BCUT2D eigenvalue weighted by Crippen LogP contribution is 2.28. The molecule has 0 spiro atoms. The molecule has 0 aliphatic carbocycles. The number of amides is 1. The number of piperidine rings is 1. The van der Waals surface area contributed by atoms with E-state index in [1.54, 1.807) is 0 Å². The zero-order valence-corrected chi connectivity index (χ0v) is 16.6. The standard InChI is InChI=1S/C21H29N3O3/c1-14-18(15(2)27-23-14)12-26-17-7-5-16(6-8-17)11-20(25)24-10-9-19(22)21(3,4)13-24/h5-8,19H,9-13,22H2,1-4H3. The SMILES string of the molecule is Cc1noc(C)c1COc1ccc(CC(=O)N2CCC(N)C(C)(C)C2)cc1. The molecule has 0 bridgehead atoms. The molecule has 0 radical (unpaired) electrons. The normalized spacial score (nSPS) is 19.1. The molecule has 3 rings (SSSR count). The second-order valence-electron chi connectivity index (χ2n) is 8.11. The first-order chi connectivity index (χ1) is 12.8. The van der Waals surface area contributed by atoms with Gasteiger partial charge in [-0.3, -0.25) is 4.79 Å². The van der Waals surface area contributed by atoms with Crippen molar-refractivity contribution >= 4 is 5.91 Å². The van der Waals surface area contributed by atoms with Crippen LogP contribution in [0.5, 0.6) is 5.75 Å². The molecular formula is C21H29N3O3. The Labute approximate surface area is 160 Å². The smallest absolute Gasteiger partial charge is 0.227 e. The largest absolute Gasteiger partial charge is 0.489 e. The van der Waals surface area contributed by atoms with Crippen LogP contribution in [-0.2, 0) is 17.8 Å². The predicted octanol–water partition coefficient (Wildman–Crippen LogP) is 3.00. The molecule has 1 unspecified atom stereocenters. The lowest BCUT2D eigenvalue weighted by Gasteiger charge is -2.42. The van der Waals surface area contributed by atoms with Crippen LogP contribution < -0.4 is 10.5 Å². The zero-order chi connectivity index (χ0) is 19.6. The summed E-state index contributed by atoms with van der Waals surface area (Å²) in [6, 6.07) is 7.84. The molecule has 1 saturated heterocycles. The highest BCUT2D eigenvalue weighted by atomic mass is 16.5. The maximum Gasteiger partial charge on any atom is 0.227 e. The Kier molecular flexibility index (Phi) is 5.56. The summed E-state index contributed by atoms with van der Waals surface area (Å²) < 4.78 is 11.0. The van der Waals surface area contributed by atoms with Gasteiger partial charge in [-0.1, -0.05) is 31.1 Å². The van der Waals surface area contributed by atoms with Gasteiger partial charge < -0.3 is 19.9 Å². The average Bonchev–Trinajstić information content (AvgIpc) is 2.94. The number of nitrogens with two attached hydrogens (primary N) is 1. The second kappa shape index (κ2) is 7.72. The van der Waals surface area contributed by atoms with Crippen LogP contribution in [0.4, 0.5) is 0 Å². The van der Waals surface area contributed by atoms with Crippen molar-refractivity contribution in [2.24, 2.45) is 11.1 Å². The van der Waals surface area contributed by atoms with Crippen molar-refractivity contribution in [3.63, 3.8) is 0 Å². The fourth-order valence-electron chi connectivity index (χ4n) is 3.44. The molecule has 2 heterocycles. The molecule has 1 aromatic heterocycles. The van der Waals surface area contributed by atoms with E-state index in [1.807, 2.05) is 43.0 Å². The molecule has 6 heteroatoms. The minimum Gasteiger partial charge on any atom is -0.489 e. The lowest BCUT2D eigenvalue weighted by atomic mass is 9.79. The Hall–Kier alpha value is -2.34. The van der Waals surface area contributed by atoms with Gasteiger partial charge in [-0.2, -0.15) is 0 Å². The molecule has 1 aliphatic rings. The quantitative estimate of drug-likeness (QED) is 0.874. The number of hydrogen-bond acceptors (Lipinski definition) is 5. The summed E-state index contributed by atoms with van der Waals surface area (Å²) >= 11 is 0. The molecule has 146 valence electrons. The summed E-state index contributed by atoms with van der Waals surface area (Å²) in [4.78, 5) is 14.6. The lowest BCUT2D eigenvalue weighted by Crippen LogP contribution is -2.54. The number of benzene rings is 1. The summed E-state index contributed by atoms with van der Waals surface area (Å²) in [6.07, 6.45) is 1.25. The van der Waals surface area contributed by atoms with E-state index < -0.39 is 0 Å². The van der Waals surface area contributed by atoms with Crippen molar-refractivity contribution in [2.45, 2.75) is 53.2 Å². The summed E-state index contributed by atoms with van der Waals surface area (Å²) in [7, 11) is 0. The monoisotopic (exact) mass is 371 g/mol. The Bertz CT molecular complexity index is 776. The van der Waals surface area contributed by atoms with Crippen LogP contribution in [0.15, 0.2) is 28.8 Å². The number of aromatic nitrogens is 1. The zero-order valence-electron chi connectivity index (χ0n) is 16.6. The first-order valence-electron chi connectivity index (χ1n) is 9.43. The number of hydrogen-bond donors (Lipinski definition) is 1. The van der Waals surface area contributed by atoms with E-state index in [1.165, 1.54) is 0 Å². The highest BCUT2D eigenvalue weighted by Gasteiger charge is 2.35. The Morgan fingerprint density at radius 2 is 2.04 bits per heavy atom. The number of ether oxygens (including phenoxy) is 1. The van der Waals surface area contributed by atoms with Crippen LogP contribution in [0.2, 0.25) is 0 Å². The third-order valence-electron chi connectivity index (χ3n) is 5.51. The van der Waals surface area contributed by atoms with Crippen LogP contribution in [0.3, 0.4) is 0 Å². The Morgan fingerprint density at radius 3 is 2.63 bits per heavy atom. The van der Waals surface area contributed by atoms with E-state index >= 15 is 0 Å². The minimum absolute atomic E-state index is 0.0379. The number of carbonyl (C=O) groups excluding carboxylic acids is 1. The van der Waals surface area contributed by atoms with E-state index in [-0.39, 0.29) is 17.4 Å². The molecule has 1 amide bonds. The maximum absolute atomic E-state index is 12.6. The Morgan fingerprint density at radius 1 is 1.33 bits per heavy atom. The molecular weight excluding hydrogens is 342 g/mol. The number of nitrogens with zero attached hydrogens (tertiary/aromatic N) is 2. The third kappa shape index (κ3) is 4.50. The van der Waals surface area contributed by atoms with Gasteiger partial charge in [-0.05, 0) is 43.4 Å². The summed E-state index contributed by atoms with van der Waals surface area (Å²) in [5.41, 5.74) is 8.93. The maximum atomic E-state index is 12.6. The predicted molar refractivity (Wildman–Crippen MR) is 103 cm³/mol. The van der Waals surface area contributed by atoms with Gasteiger partial charge in [0.05, 0.1) is 17.7 Å². The van der Waals surface area contributed by atoms with E-state index in [9.17, 15) is 4.79 Å². The number of likely N-dealkylation sites (tertiary alicyclic amines) is 1. The molecule has 2 aromatic rings. The molecule has 1 aliphatic heterocycles. The molecule has 2 N–H and O–H groups in total. The third-order valence-corrected chi connectivity index (χ3v) is 5.51. The first-order valence-corrected chi connectivity index (χ1v) is 9.43. The van der Waals surface area contributed by atoms with Crippen LogP contribution >= 0.6 is 0 Å². The van der Waals surface area contributed by atoms with Gasteiger partial charge in [0.25, 0.3) is 0 Å². The van der Waals surface area contributed by atoms with E-state index in [0.717, 1.165) is 41.3 Å². The molecule has 1 aromatic carbocycles. The molecule has 0 saturated carbocycles. The van der Waals surface area contributed by atoms with Crippen molar-refractivity contribution in [3.05, 3.63) is 46.8 Å². The van der Waals surface area contributed by atoms with Crippen LogP contribution in [0.1, 0.15) is 42.8 Å². The highest BCUT2D eigenvalue weighted by molar-refractivity contribution is 5.79. The number of rotatable bonds is 5. The van der Waals surface area contributed by atoms with Gasteiger partial charge >= 0.3 is 0 Å². The fourth-order valence-corrected chi connectivity index (χ4v) is 3.44. The van der Waals surface area contributed by atoms with Gasteiger partial charge in [0.2, 0.25) is 5.91 Å². The van der Waals surface area contributed by atoms with Crippen LogP contribution in [0.25, 0.3) is 0 Å². The van der Waals surface area contributed by atoms with E-state index in [0.29, 0.717) is 19.6 Å². The van der Waals surface area contributed by atoms with Crippen molar-refractivity contribution in [3.8, 4) is 5.75 Å².